The Kier molecular flexibility index (Phi) is 3.76. The largest absolute Gasteiger partial charge is 0.469 e. The second-order valence-electron chi connectivity index (χ2n) is 4.67. The lowest BCUT2D eigenvalue weighted by Crippen LogP contribution is -2.38. The minimum atomic E-state index is -0.453. The molecule has 6 heteroatoms. The molecule has 1 aliphatic carbocycles. The smallest absolute Gasteiger partial charge is 0.330 e. The van der Waals surface area contributed by atoms with E-state index in [2.05, 4.69) is 10.3 Å². The summed E-state index contributed by atoms with van der Waals surface area (Å²) in [4.78, 5) is 14.5. The van der Waals surface area contributed by atoms with Crippen molar-refractivity contribution in [1.82, 2.24) is 10.3 Å². The number of nitrogens with zero attached hydrogens (tertiary/aromatic N) is 2. The van der Waals surface area contributed by atoms with Crippen LogP contribution in [0.3, 0.4) is 0 Å². The molecule has 0 aromatic carbocycles. The Hall–Kier alpha value is -1.69. The van der Waals surface area contributed by atoms with Gasteiger partial charge in [0.1, 0.15) is 6.10 Å². The molecule has 1 N–H and O–H groups in total. The fourth-order valence-electron chi connectivity index (χ4n) is 2.14. The molecule has 1 fully saturated rings. The third-order valence-corrected chi connectivity index (χ3v) is 3.14. The zero-order valence-electron chi connectivity index (χ0n) is 10.5. The molecule has 1 aromatic rings. The molecule has 0 atom stereocenters. The zero-order valence-corrected chi connectivity index (χ0v) is 10.5. The maximum absolute atomic E-state index is 10.9. The monoisotopic (exact) mass is 251 g/mol. The molecule has 1 aromatic heterocycles. The molecule has 1 heterocycles. The number of ether oxygens (including phenoxy) is 1. The number of hydrogen-bond acceptors (Lipinski definition) is 5. The fourth-order valence-corrected chi connectivity index (χ4v) is 2.14. The van der Waals surface area contributed by atoms with E-state index in [4.69, 9.17) is 4.74 Å². The molecule has 0 amide bonds. The van der Waals surface area contributed by atoms with Crippen molar-refractivity contribution in [1.29, 1.82) is 0 Å². The molecule has 1 saturated carbocycles. The number of pyridine rings is 1. The van der Waals surface area contributed by atoms with Crippen molar-refractivity contribution >= 4 is 5.69 Å². The second kappa shape index (κ2) is 5.30. The average Bonchev–Trinajstić information content (AvgIpc) is 2.26. The molecule has 1 aliphatic rings. The van der Waals surface area contributed by atoms with Crippen molar-refractivity contribution < 1.29 is 9.66 Å². The van der Waals surface area contributed by atoms with Crippen molar-refractivity contribution in [2.24, 2.45) is 5.92 Å². The molecule has 0 saturated heterocycles. The van der Waals surface area contributed by atoms with E-state index in [0.29, 0.717) is 5.92 Å². The van der Waals surface area contributed by atoms with Gasteiger partial charge in [-0.25, -0.2) is 4.98 Å². The summed E-state index contributed by atoms with van der Waals surface area (Å²) in [6.45, 7) is 2.75. The topological polar surface area (TPSA) is 77.3 Å². The summed E-state index contributed by atoms with van der Waals surface area (Å²) < 4.78 is 5.62. The maximum atomic E-state index is 10.9. The van der Waals surface area contributed by atoms with Crippen LogP contribution in [-0.2, 0) is 0 Å². The van der Waals surface area contributed by atoms with E-state index >= 15 is 0 Å². The Morgan fingerprint density at radius 3 is 2.89 bits per heavy atom. The van der Waals surface area contributed by atoms with Crippen LogP contribution in [-0.4, -0.2) is 29.6 Å². The third kappa shape index (κ3) is 2.76. The lowest BCUT2D eigenvalue weighted by molar-refractivity contribution is -0.386. The lowest BCUT2D eigenvalue weighted by atomic mass is 9.82. The molecule has 98 valence electrons. The van der Waals surface area contributed by atoms with Crippen molar-refractivity contribution in [3.8, 4) is 5.88 Å². The van der Waals surface area contributed by atoms with Gasteiger partial charge in [0.15, 0.2) is 0 Å². The first-order chi connectivity index (χ1) is 8.60. The van der Waals surface area contributed by atoms with Crippen LogP contribution in [0.1, 0.15) is 18.5 Å². The van der Waals surface area contributed by atoms with Crippen LogP contribution in [0.4, 0.5) is 5.69 Å². The first-order valence-electron chi connectivity index (χ1n) is 6.03. The first-order valence-corrected chi connectivity index (χ1v) is 6.03. The van der Waals surface area contributed by atoms with Gasteiger partial charge in [-0.2, -0.15) is 0 Å². The van der Waals surface area contributed by atoms with Crippen molar-refractivity contribution in [3.05, 3.63) is 27.9 Å². The van der Waals surface area contributed by atoms with Crippen LogP contribution in [0.2, 0.25) is 0 Å². The van der Waals surface area contributed by atoms with Crippen LogP contribution >= 0.6 is 0 Å². The summed E-state index contributed by atoms with van der Waals surface area (Å²) in [5, 5.41) is 14.0. The van der Waals surface area contributed by atoms with Crippen LogP contribution < -0.4 is 10.1 Å². The standard InChI is InChI=1S/C12H17N3O3/c1-8-3-4-11(15(16)17)12(14-8)18-10-5-9(6-10)7-13-2/h3-4,9-10,13H,5-7H2,1-2H3. The number of aromatic nitrogens is 1. The van der Waals surface area contributed by atoms with E-state index in [-0.39, 0.29) is 17.7 Å². The predicted molar refractivity (Wildman–Crippen MR) is 66.7 cm³/mol. The van der Waals surface area contributed by atoms with Gasteiger partial charge in [0.2, 0.25) is 0 Å². The summed E-state index contributed by atoms with van der Waals surface area (Å²) in [5.41, 5.74) is 0.666. The average molecular weight is 251 g/mol. The molecule has 18 heavy (non-hydrogen) atoms. The normalized spacial score (nSPS) is 22.3. The Bertz CT molecular complexity index is 444. The van der Waals surface area contributed by atoms with Gasteiger partial charge in [-0.05, 0) is 45.3 Å². The van der Waals surface area contributed by atoms with Crippen LogP contribution in [0.5, 0.6) is 5.88 Å². The van der Waals surface area contributed by atoms with Gasteiger partial charge in [-0.3, -0.25) is 10.1 Å². The summed E-state index contributed by atoms with van der Waals surface area (Å²) in [5.74, 6) is 0.747. The van der Waals surface area contributed by atoms with E-state index in [1.807, 2.05) is 7.05 Å². The number of nitro groups is 1. The highest BCUT2D eigenvalue weighted by Crippen LogP contribution is 2.33. The van der Waals surface area contributed by atoms with Gasteiger partial charge in [0.25, 0.3) is 5.88 Å². The Balaban J connectivity index is 2.01. The molecule has 0 unspecified atom stereocenters. The predicted octanol–water partition coefficient (Wildman–Crippen LogP) is 1.68. The van der Waals surface area contributed by atoms with Gasteiger partial charge in [0.05, 0.1) is 4.92 Å². The minimum Gasteiger partial charge on any atom is -0.469 e. The SMILES string of the molecule is CNCC1CC(Oc2nc(C)ccc2[N+](=O)[O-])C1. The Labute approximate surface area is 106 Å². The number of nitrogens with one attached hydrogen (secondary N) is 1. The van der Waals surface area contributed by atoms with Gasteiger partial charge in [-0.1, -0.05) is 0 Å². The van der Waals surface area contributed by atoms with E-state index in [0.717, 1.165) is 25.1 Å². The van der Waals surface area contributed by atoms with Gasteiger partial charge in [-0.15, -0.1) is 0 Å². The van der Waals surface area contributed by atoms with Gasteiger partial charge in [0, 0.05) is 11.8 Å². The first kappa shape index (κ1) is 12.8. The Morgan fingerprint density at radius 2 is 2.28 bits per heavy atom. The molecular weight excluding hydrogens is 234 g/mol. The quantitative estimate of drug-likeness (QED) is 0.636. The highest BCUT2D eigenvalue weighted by atomic mass is 16.6. The molecule has 6 nitrogen and oxygen atoms in total. The second-order valence-corrected chi connectivity index (χ2v) is 4.67. The van der Waals surface area contributed by atoms with Gasteiger partial charge >= 0.3 is 5.69 Å². The molecule has 0 spiro atoms. The van der Waals surface area contributed by atoms with Crippen LogP contribution in [0.25, 0.3) is 0 Å². The molecule has 0 bridgehead atoms. The summed E-state index contributed by atoms with van der Waals surface area (Å²) >= 11 is 0. The molecular formula is C12H17N3O3. The number of hydrogen-bond donors (Lipinski definition) is 1. The van der Waals surface area contributed by atoms with Crippen molar-refractivity contribution in [3.63, 3.8) is 0 Å². The molecule has 2 rings (SSSR count). The van der Waals surface area contributed by atoms with E-state index in [1.165, 1.54) is 6.07 Å². The summed E-state index contributed by atoms with van der Waals surface area (Å²) in [7, 11) is 1.92. The lowest BCUT2D eigenvalue weighted by Gasteiger charge is -2.34. The fraction of sp³-hybridized carbons (Fsp3) is 0.583. The minimum absolute atomic E-state index is 0.0522. The highest BCUT2D eigenvalue weighted by molar-refractivity contribution is 5.41. The van der Waals surface area contributed by atoms with Crippen LogP contribution in [0, 0.1) is 23.0 Å². The Morgan fingerprint density at radius 1 is 1.56 bits per heavy atom. The molecule has 0 aliphatic heterocycles. The zero-order chi connectivity index (χ0) is 13.1. The molecule has 0 radical (unpaired) electrons. The van der Waals surface area contributed by atoms with Crippen molar-refractivity contribution in [2.45, 2.75) is 25.9 Å². The third-order valence-electron chi connectivity index (χ3n) is 3.14. The maximum Gasteiger partial charge on any atom is 0.330 e. The highest BCUT2D eigenvalue weighted by Gasteiger charge is 2.32. The van der Waals surface area contributed by atoms with E-state index < -0.39 is 4.92 Å². The number of rotatable bonds is 5. The number of aryl methyl sites for hydroxylation is 1. The summed E-state index contributed by atoms with van der Waals surface area (Å²) in [6.07, 6.45) is 1.90. The van der Waals surface area contributed by atoms with Crippen molar-refractivity contribution in [2.75, 3.05) is 13.6 Å². The van der Waals surface area contributed by atoms with E-state index in [9.17, 15) is 10.1 Å². The van der Waals surface area contributed by atoms with E-state index in [1.54, 1.807) is 13.0 Å². The van der Waals surface area contributed by atoms with Crippen LogP contribution in [0.15, 0.2) is 12.1 Å². The van der Waals surface area contributed by atoms with Gasteiger partial charge < -0.3 is 10.1 Å². The summed E-state index contributed by atoms with van der Waals surface area (Å²) in [6, 6.07) is 3.07.